The number of nitrogens with zero attached hydrogens (tertiary/aromatic N) is 3. The Morgan fingerprint density at radius 2 is 1.69 bits per heavy atom. The van der Waals surface area contributed by atoms with E-state index in [1.165, 1.54) is 0 Å². The lowest BCUT2D eigenvalue weighted by Crippen LogP contribution is -2.29. The average Bonchev–Trinajstić information content (AvgIpc) is 3.30. The Morgan fingerprint density at radius 1 is 0.966 bits per heavy atom. The first kappa shape index (κ1) is 17.6. The SMILES string of the molecule is O=C1c2[nH]nc(-c3ccccc3)c2C(c2ccc(Cl)cc2)N1Cc1ccncc1. The molecule has 5 rings (SSSR count). The van der Waals surface area contributed by atoms with E-state index in [1.807, 2.05) is 71.6 Å². The Hall–Kier alpha value is -3.44. The van der Waals surface area contributed by atoms with Crippen LogP contribution in [0.1, 0.15) is 33.2 Å². The van der Waals surface area contributed by atoms with Crippen LogP contribution in [0.2, 0.25) is 5.02 Å². The molecule has 4 aromatic rings. The van der Waals surface area contributed by atoms with E-state index < -0.39 is 0 Å². The number of amides is 1. The van der Waals surface area contributed by atoms with E-state index in [0.717, 1.165) is 27.9 Å². The van der Waals surface area contributed by atoms with Crippen molar-refractivity contribution in [2.45, 2.75) is 12.6 Å². The van der Waals surface area contributed by atoms with Crippen molar-refractivity contribution in [1.82, 2.24) is 20.1 Å². The third-order valence-corrected chi connectivity index (χ3v) is 5.45. The van der Waals surface area contributed by atoms with E-state index in [-0.39, 0.29) is 11.9 Å². The smallest absolute Gasteiger partial charge is 0.273 e. The zero-order valence-corrected chi connectivity index (χ0v) is 16.2. The Morgan fingerprint density at radius 3 is 2.41 bits per heavy atom. The van der Waals surface area contributed by atoms with Crippen LogP contribution in [0.4, 0.5) is 0 Å². The van der Waals surface area contributed by atoms with Crippen molar-refractivity contribution in [3.05, 3.63) is 107 Å². The number of carbonyl (C=O) groups is 1. The second kappa shape index (κ2) is 7.18. The number of nitrogens with one attached hydrogen (secondary N) is 1. The summed E-state index contributed by atoms with van der Waals surface area (Å²) in [4.78, 5) is 19.3. The van der Waals surface area contributed by atoms with Gasteiger partial charge >= 0.3 is 0 Å². The third-order valence-electron chi connectivity index (χ3n) is 5.20. The number of hydrogen-bond acceptors (Lipinski definition) is 3. The van der Waals surface area contributed by atoms with Gasteiger partial charge in [0.2, 0.25) is 0 Å². The highest BCUT2D eigenvalue weighted by Crippen LogP contribution is 2.43. The van der Waals surface area contributed by atoms with Crippen LogP contribution >= 0.6 is 11.6 Å². The summed E-state index contributed by atoms with van der Waals surface area (Å²) in [6.45, 7) is 0.478. The summed E-state index contributed by atoms with van der Waals surface area (Å²) >= 11 is 6.11. The monoisotopic (exact) mass is 400 g/mol. The van der Waals surface area contributed by atoms with Crippen LogP contribution in [0.15, 0.2) is 79.1 Å². The standard InChI is InChI=1S/C23H17ClN4O/c24-18-8-6-17(7-9-18)22-19-20(16-4-2-1-3-5-16)26-27-21(19)23(29)28(22)14-15-10-12-25-13-11-15/h1-13,22H,14H2,(H,26,27). The molecule has 1 aliphatic rings. The topological polar surface area (TPSA) is 61.9 Å². The highest BCUT2D eigenvalue weighted by molar-refractivity contribution is 6.30. The molecule has 6 heteroatoms. The molecule has 1 aliphatic heterocycles. The minimum absolute atomic E-state index is 0.0635. The minimum Gasteiger partial charge on any atom is -0.322 e. The molecule has 1 amide bonds. The summed E-state index contributed by atoms with van der Waals surface area (Å²) in [5, 5.41) is 8.13. The maximum atomic E-state index is 13.3. The van der Waals surface area contributed by atoms with Crippen LogP contribution in [0.25, 0.3) is 11.3 Å². The molecule has 3 heterocycles. The van der Waals surface area contributed by atoms with Gasteiger partial charge in [0.05, 0.1) is 11.7 Å². The lowest BCUT2D eigenvalue weighted by molar-refractivity contribution is 0.0730. The van der Waals surface area contributed by atoms with Crippen LogP contribution in [0.3, 0.4) is 0 Å². The largest absolute Gasteiger partial charge is 0.322 e. The van der Waals surface area contributed by atoms with Crippen LogP contribution < -0.4 is 0 Å². The molecule has 0 radical (unpaired) electrons. The summed E-state index contributed by atoms with van der Waals surface area (Å²) in [5.74, 6) is -0.0635. The van der Waals surface area contributed by atoms with Gasteiger partial charge in [-0.1, -0.05) is 54.1 Å². The van der Waals surface area contributed by atoms with E-state index in [0.29, 0.717) is 17.3 Å². The Labute approximate surface area is 173 Å². The predicted octanol–water partition coefficient (Wildman–Crippen LogP) is 4.87. The van der Waals surface area contributed by atoms with Gasteiger partial charge in [-0.25, -0.2) is 0 Å². The van der Waals surface area contributed by atoms with E-state index in [9.17, 15) is 4.79 Å². The molecule has 1 N–H and O–H groups in total. The molecule has 0 saturated heterocycles. The number of hydrogen-bond donors (Lipinski definition) is 1. The third kappa shape index (κ3) is 3.09. The number of pyridine rings is 1. The van der Waals surface area contributed by atoms with Crippen LogP contribution in [0, 0.1) is 0 Å². The van der Waals surface area contributed by atoms with Crippen molar-refractivity contribution in [2.24, 2.45) is 0 Å². The van der Waals surface area contributed by atoms with Crippen LogP contribution in [-0.2, 0) is 6.54 Å². The van der Waals surface area contributed by atoms with Gasteiger partial charge in [-0.3, -0.25) is 14.9 Å². The van der Waals surface area contributed by atoms with Crippen molar-refractivity contribution in [1.29, 1.82) is 0 Å². The molecule has 1 atom stereocenters. The molecule has 142 valence electrons. The van der Waals surface area contributed by atoms with Crippen molar-refractivity contribution >= 4 is 17.5 Å². The highest BCUT2D eigenvalue weighted by Gasteiger charge is 2.42. The van der Waals surface area contributed by atoms with Gasteiger partial charge in [-0.2, -0.15) is 5.10 Å². The number of fused-ring (bicyclic) bond motifs is 1. The predicted molar refractivity (Wildman–Crippen MR) is 111 cm³/mol. The number of rotatable bonds is 4. The maximum absolute atomic E-state index is 13.3. The molecule has 5 nitrogen and oxygen atoms in total. The van der Waals surface area contributed by atoms with Gasteiger partial charge in [0.25, 0.3) is 5.91 Å². The van der Waals surface area contributed by atoms with Gasteiger partial charge in [0, 0.05) is 35.1 Å². The minimum atomic E-state index is -0.253. The lowest BCUT2D eigenvalue weighted by Gasteiger charge is -2.26. The molecular weight excluding hydrogens is 384 g/mol. The van der Waals surface area contributed by atoms with Gasteiger partial charge in [0.15, 0.2) is 0 Å². The normalized spacial score (nSPS) is 15.6. The van der Waals surface area contributed by atoms with E-state index in [4.69, 9.17) is 11.6 Å². The Kier molecular flexibility index (Phi) is 4.37. The van der Waals surface area contributed by atoms with Crippen molar-refractivity contribution < 1.29 is 4.79 Å². The Bertz CT molecular complexity index is 1160. The quantitative estimate of drug-likeness (QED) is 0.531. The second-order valence-electron chi connectivity index (χ2n) is 6.97. The Balaban J connectivity index is 1.65. The van der Waals surface area contributed by atoms with Crippen LogP contribution in [0.5, 0.6) is 0 Å². The fraction of sp³-hybridized carbons (Fsp3) is 0.0870. The molecule has 2 aromatic carbocycles. The van der Waals surface area contributed by atoms with Crippen molar-refractivity contribution in [3.8, 4) is 11.3 Å². The number of H-pyrrole nitrogens is 1. The second-order valence-corrected chi connectivity index (χ2v) is 7.41. The van der Waals surface area contributed by atoms with Gasteiger partial charge < -0.3 is 4.90 Å². The zero-order valence-electron chi connectivity index (χ0n) is 15.4. The number of aromatic amines is 1. The lowest BCUT2D eigenvalue weighted by atomic mass is 9.96. The molecular formula is C23H17ClN4O. The molecule has 2 aromatic heterocycles. The fourth-order valence-electron chi connectivity index (χ4n) is 3.85. The summed E-state index contributed by atoms with van der Waals surface area (Å²) < 4.78 is 0. The van der Waals surface area contributed by atoms with Gasteiger partial charge in [-0.05, 0) is 35.4 Å². The summed E-state index contributed by atoms with van der Waals surface area (Å²) in [7, 11) is 0. The summed E-state index contributed by atoms with van der Waals surface area (Å²) in [6.07, 6.45) is 3.48. The average molecular weight is 401 g/mol. The van der Waals surface area contributed by atoms with E-state index in [1.54, 1.807) is 12.4 Å². The molecule has 1 unspecified atom stereocenters. The fourth-order valence-corrected chi connectivity index (χ4v) is 3.98. The van der Waals surface area contributed by atoms with E-state index >= 15 is 0 Å². The number of carbonyl (C=O) groups excluding carboxylic acids is 1. The first-order chi connectivity index (χ1) is 14.2. The molecule has 0 fully saturated rings. The molecule has 0 saturated carbocycles. The van der Waals surface area contributed by atoms with E-state index in [2.05, 4.69) is 15.2 Å². The first-order valence-electron chi connectivity index (χ1n) is 9.31. The molecule has 0 bridgehead atoms. The first-order valence-corrected chi connectivity index (χ1v) is 9.69. The van der Waals surface area contributed by atoms with Crippen LogP contribution in [-0.4, -0.2) is 26.0 Å². The molecule has 0 aliphatic carbocycles. The number of benzene rings is 2. The molecule has 29 heavy (non-hydrogen) atoms. The zero-order chi connectivity index (χ0) is 19.8. The van der Waals surface area contributed by atoms with Crippen molar-refractivity contribution in [2.75, 3.05) is 0 Å². The van der Waals surface area contributed by atoms with Gasteiger partial charge in [0.1, 0.15) is 5.69 Å². The summed E-state index contributed by atoms with van der Waals surface area (Å²) in [5.41, 5.74) is 5.23. The maximum Gasteiger partial charge on any atom is 0.273 e. The highest BCUT2D eigenvalue weighted by atomic mass is 35.5. The number of aromatic nitrogens is 3. The molecule has 0 spiro atoms. The van der Waals surface area contributed by atoms with Crippen molar-refractivity contribution in [3.63, 3.8) is 0 Å². The van der Waals surface area contributed by atoms with Gasteiger partial charge in [-0.15, -0.1) is 0 Å². The summed E-state index contributed by atoms with van der Waals surface area (Å²) in [6, 6.07) is 21.2. The number of halogens is 1.